The molecule has 1 aromatic carbocycles. The summed E-state index contributed by atoms with van der Waals surface area (Å²) in [6.45, 7) is 1.68. The van der Waals surface area contributed by atoms with Crippen molar-refractivity contribution in [2.24, 2.45) is 0 Å². The third kappa shape index (κ3) is 6.46. The molecule has 0 amide bonds. The van der Waals surface area contributed by atoms with Crippen molar-refractivity contribution in [3.63, 3.8) is 0 Å². The van der Waals surface area contributed by atoms with E-state index in [0.717, 1.165) is 30.5 Å². The van der Waals surface area contributed by atoms with Gasteiger partial charge < -0.3 is 13.7 Å². The van der Waals surface area contributed by atoms with Gasteiger partial charge in [0.1, 0.15) is 22.6 Å². The fourth-order valence-corrected chi connectivity index (χ4v) is 2.83. The molecule has 0 aliphatic rings. The van der Waals surface area contributed by atoms with Crippen molar-refractivity contribution >= 4 is 41.3 Å². The predicted octanol–water partition coefficient (Wildman–Crippen LogP) is 4.82. The lowest BCUT2D eigenvalue weighted by atomic mass is 10.1. The van der Waals surface area contributed by atoms with Crippen LogP contribution in [0.4, 0.5) is 18.9 Å². The molecule has 2 rings (SSSR count). The van der Waals surface area contributed by atoms with Crippen LogP contribution in [0.5, 0.6) is 11.6 Å². The Kier molecular flexibility index (Phi) is 8.05. The number of carbonyl (C=O) groups excluding carboxylic acids is 2. The van der Waals surface area contributed by atoms with Gasteiger partial charge in [0.15, 0.2) is 0 Å². The molecule has 0 atom stereocenters. The van der Waals surface area contributed by atoms with Crippen LogP contribution in [-0.2, 0) is 19.9 Å². The number of benzene rings is 1. The lowest BCUT2D eigenvalue weighted by molar-refractivity contribution is -0.385. The first-order chi connectivity index (χ1) is 14.5. The molecule has 2 aromatic rings. The summed E-state index contributed by atoms with van der Waals surface area (Å²) in [5.74, 6) is -3.55. The number of nitro groups is 1. The minimum atomic E-state index is -4.90. The maximum absolute atomic E-state index is 13.2. The molecule has 166 valence electrons. The van der Waals surface area contributed by atoms with E-state index in [1.54, 1.807) is 6.92 Å². The summed E-state index contributed by atoms with van der Waals surface area (Å²) < 4.78 is 54.2. The molecule has 0 saturated heterocycles. The van der Waals surface area contributed by atoms with Gasteiger partial charge in [0.25, 0.3) is 5.69 Å². The second-order valence-corrected chi connectivity index (χ2v) is 6.55. The van der Waals surface area contributed by atoms with Crippen LogP contribution in [0.15, 0.2) is 30.5 Å². The van der Waals surface area contributed by atoms with E-state index in [-0.39, 0.29) is 18.1 Å². The SMILES string of the molecule is CCOC(=O)CSOC(=O)c1cc(Oc2nccc(Cl)c2C(F)(F)F)ccc1[N+](=O)[O-]. The van der Waals surface area contributed by atoms with Crippen LogP contribution in [0, 0.1) is 10.1 Å². The topological polar surface area (TPSA) is 118 Å². The fourth-order valence-electron chi connectivity index (χ4n) is 2.15. The largest absolute Gasteiger partial charge is 0.465 e. The van der Waals surface area contributed by atoms with Crippen molar-refractivity contribution in [3.8, 4) is 11.6 Å². The number of hydrogen-bond donors (Lipinski definition) is 0. The molecule has 0 bridgehead atoms. The van der Waals surface area contributed by atoms with Crippen molar-refractivity contribution in [2.75, 3.05) is 12.4 Å². The molecule has 0 aliphatic carbocycles. The van der Waals surface area contributed by atoms with E-state index >= 15 is 0 Å². The number of pyridine rings is 1. The highest BCUT2D eigenvalue weighted by atomic mass is 35.5. The van der Waals surface area contributed by atoms with Crippen molar-refractivity contribution in [3.05, 3.63) is 56.7 Å². The zero-order valence-electron chi connectivity index (χ0n) is 15.5. The van der Waals surface area contributed by atoms with Gasteiger partial charge in [-0.1, -0.05) is 11.6 Å². The van der Waals surface area contributed by atoms with E-state index in [4.69, 9.17) is 20.5 Å². The standard InChI is InChI=1S/C17H12ClF3N2O7S/c1-2-28-13(24)8-31-30-16(25)10-7-9(3-4-12(10)23(26)27)29-15-14(17(19,20)21)11(18)5-6-22-15/h3-7H,2,8H2,1H3. The second-order valence-electron chi connectivity index (χ2n) is 5.45. The summed E-state index contributed by atoms with van der Waals surface area (Å²) in [7, 11) is 0. The van der Waals surface area contributed by atoms with Gasteiger partial charge in [0.2, 0.25) is 5.88 Å². The Morgan fingerprint density at radius 1 is 1.29 bits per heavy atom. The number of nitrogens with zero attached hydrogens (tertiary/aromatic N) is 2. The molecular formula is C17H12ClF3N2O7S. The molecule has 0 aliphatic heterocycles. The van der Waals surface area contributed by atoms with Gasteiger partial charge in [-0.25, -0.2) is 9.78 Å². The van der Waals surface area contributed by atoms with Gasteiger partial charge in [0, 0.05) is 18.3 Å². The number of hydrogen-bond acceptors (Lipinski definition) is 9. The predicted molar refractivity (Wildman–Crippen MR) is 102 cm³/mol. The third-order valence-corrected chi connectivity index (χ3v) is 4.30. The van der Waals surface area contributed by atoms with Crippen LogP contribution < -0.4 is 4.74 Å². The van der Waals surface area contributed by atoms with Crippen molar-refractivity contribution in [2.45, 2.75) is 13.1 Å². The lowest BCUT2D eigenvalue weighted by Gasteiger charge is -2.14. The molecular weight excluding hydrogens is 469 g/mol. The van der Waals surface area contributed by atoms with Crippen molar-refractivity contribution in [1.29, 1.82) is 0 Å². The molecule has 1 heterocycles. The van der Waals surface area contributed by atoms with E-state index in [9.17, 15) is 32.9 Å². The zero-order valence-corrected chi connectivity index (χ0v) is 17.0. The maximum Gasteiger partial charge on any atom is 0.423 e. The number of aromatic nitrogens is 1. The Bertz CT molecular complexity index is 1000. The third-order valence-electron chi connectivity index (χ3n) is 3.36. The normalized spacial score (nSPS) is 11.0. The molecule has 0 saturated carbocycles. The molecule has 31 heavy (non-hydrogen) atoms. The number of carbonyl (C=O) groups is 2. The molecule has 9 nitrogen and oxygen atoms in total. The highest BCUT2D eigenvalue weighted by molar-refractivity contribution is 7.95. The van der Waals surface area contributed by atoms with Gasteiger partial charge in [-0.15, -0.1) is 0 Å². The fraction of sp³-hybridized carbons (Fsp3) is 0.235. The number of halogens is 4. The lowest BCUT2D eigenvalue weighted by Crippen LogP contribution is -2.11. The minimum Gasteiger partial charge on any atom is -0.465 e. The summed E-state index contributed by atoms with van der Waals surface area (Å²) in [5.41, 5.74) is -2.66. The summed E-state index contributed by atoms with van der Waals surface area (Å²) in [4.78, 5) is 37.3. The molecule has 0 radical (unpaired) electrons. The molecule has 0 spiro atoms. The average Bonchev–Trinajstić information content (AvgIpc) is 2.67. The molecule has 14 heteroatoms. The van der Waals surface area contributed by atoms with Crippen LogP contribution in [0.25, 0.3) is 0 Å². The van der Waals surface area contributed by atoms with Gasteiger partial charge in [-0.3, -0.25) is 14.9 Å². The van der Waals surface area contributed by atoms with Crippen LogP contribution in [0.1, 0.15) is 22.8 Å². The van der Waals surface area contributed by atoms with Gasteiger partial charge in [-0.2, -0.15) is 13.2 Å². The monoisotopic (exact) mass is 480 g/mol. The number of rotatable bonds is 8. The van der Waals surface area contributed by atoms with Crippen LogP contribution in [0.3, 0.4) is 0 Å². The Labute approximate surface area is 181 Å². The van der Waals surface area contributed by atoms with E-state index in [1.165, 1.54) is 0 Å². The van der Waals surface area contributed by atoms with E-state index in [0.29, 0.717) is 12.0 Å². The van der Waals surface area contributed by atoms with Gasteiger partial charge in [0.05, 0.1) is 28.6 Å². The van der Waals surface area contributed by atoms with E-state index < -0.39 is 50.8 Å². The summed E-state index contributed by atoms with van der Waals surface area (Å²) in [6, 6.07) is 3.55. The number of esters is 1. The first-order valence-electron chi connectivity index (χ1n) is 8.22. The smallest absolute Gasteiger partial charge is 0.423 e. The highest BCUT2D eigenvalue weighted by Gasteiger charge is 2.38. The van der Waals surface area contributed by atoms with Gasteiger partial charge >= 0.3 is 18.1 Å². The first kappa shape index (κ1) is 24.2. The summed E-state index contributed by atoms with van der Waals surface area (Å²) in [6.07, 6.45) is -3.92. The van der Waals surface area contributed by atoms with Crippen molar-refractivity contribution < 1.29 is 41.3 Å². The first-order valence-corrected chi connectivity index (χ1v) is 9.50. The van der Waals surface area contributed by atoms with E-state index in [2.05, 4.69) is 9.72 Å². The number of alkyl halides is 3. The Morgan fingerprint density at radius 3 is 2.61 bits per heavy atom. The number of ether oxygens (including phenoxy) is 2. The Balaban J connectivity index is 2.31. The van der Waals surface area contributed by atoms with Gasteiger partial charge in [-0.05, 0) is 19.1 Å². The van der Waals surface area contributed by atoms with Crippen LogP contribution in [-0.4, -0.2) is 34.2 Å². The van der Waals surface area contributed by atoms with Crippen molar-refractivity contribution in [1.82, 2.24) is 4.98 Å². The number of nitro benzene ring substituents is 1. The Morgan fingerprint density at radius 2 is 2.00 bits per heavy atom. The Hall–Kier alpha value is -3.06. The molecule has 0 N–H and O–H groups in total. The summed E-state index contributed by atoms with van der Waals surface area (Å²) in [5, 5.41) is 10.5. The summed E-state index contributed by atoms with van der Waals surface area (Å²) >= 11 is 5.97. The second kappa shape index (κ2) is 10.3. The molecule has 0 unspecified atom stereocenters. The maximum atomic E-state index is 13.2. The average molecular weight is 481 g/mol. The molecule has 0 fully saturated rings. The minimum absolute atomic E-state index is 0.107. The molecule has 1 aromatic heterocycles. The highest BCUT2D eigenvalue weighted by Crippen LogP contribution is 2.41. The zero-order chi connectivity index (χ0) is 23.2. The van der Waals surface area contributed by atoms with Crippen LogP contribution in [0.2, 0.25) is 5.02 Å². The van der Waals surface area contributed by atoms with Crippen LogP contribution >= 0.6 is 23.6 Å². The quantitative estimate of drug-likeness (QED) is 0.226. The van der Waals surface area contributed by atoms with E-state index in [1.807, 2.05) is 0 Å².